The maximum Gasteiger partial charge on any atom is 0.327 e. The molecule has 0 bridgehead atoms. The first-order valence-corrected chi connectivity index (χ1v) is 6.98. The number of carbonyl (C=O) groups excluding carboxylic acids is 2. The topological polar surface area (TPSA) is 52.6 Å². The molecule has 0 aromatic heterocycles. The van der Waals surface area contributed by atoms with E-state index in [2.05, 4.69) is 0 Å². The van der Waals surface area contributed by atoms with E-state index in [1.807, 2.05) is 13.8 Å². The van der Waals surface area contributed by atoms with Crippen LogP contribution in [-0.4, -0.2) is 25.2 Å². The van der Waals surface area contributed by atoms with Gasteiger partial charge in [0.2, 0.25) is 0 Å². The molecular formula is C15H26O4. The van der Waals surface area contributed by atoms with E-state index in [4.69, 9.17) is 9.47 Å². The van der Waals surface area contributed by atoms with Crippen molar-refractivity contribution in [3.63, 3.8) is 0 Å². The molecule has 0 saturated carbocycles. The van der Waals surface area contributed by atoms with E-state index in [9.17, 15) is 9.59 Å². The number of esters is 2. The third kappa shape index (κ3) is 4.08. The SMILES string of the molecule is C/C=C(\C)C(CCCC)(C(=O)OCC)C(=O)OCC. The van der Waals surface area contributed by atoms with Crippen LogP contribution in [0.1, 0.15) is 53.9 Å². The first-order valence-electron chi connectivity index (χ1n) is 6.98. The summed E-state index contributed by atoms with van der Waals surface area (Å²) < 4.78 is 10.2. The molecule has 4 heteroatoms. The number of rotatable bonds is 8. The second-order valence-electron chi connectivity index (χ2n) is 4.42. The fourth-order valence-electron chi connectivity index (χ4n) is 2.00. The van der Waals surface area contributed by atoms with E-state index in [0.717, 1.165) is 12.8 Å². The van der Waals surface area contributed by atoms with E-state index < -0.39 is 17.4 Å². The zero-order chi connectivity index (χ0) is 14.9. The summed E-state index contributed by atoms with van der Waals surface area (Å²) in [7, 11) is 0. The van der Waals surface area contributed by atoms with Crippen molar-refractivity contribution in [2.45, 2.75) is 53.9 Å². The summed E-state index contributed by atoms with van der Waals surface area (Å²) in [6.07, 6.45) is 3.88. The number of allylic oxidation sites excluding steroid dienone is 1. The Balaban J connectivity index is 5.57. The van der Waals surface area contributed by atoms with Crippen molar-refractivity contribution in [1.29, 1.82) is 0 Å². The average molecular weight is 270 g/mol. The smallest absolute Gasteiger partial charge is 0.327 e. The van der Waals surface area contributed by atoms with Crippen LogP contribution >= 0.6 is 0 Å². The normalized spacial score (nSPS) is 12.2. The van der Waals surface area contributed by atoms with Crippen molar-refractivity contribution in [2.75, 3.05) is 13.2 Å². The van der Waals surface area contributed by atoms with Gasteiger partial charge in [-0.3, -0.25) is 9.59 Å². The van der Waals surface area contributed by atoms with E-state index in [1.54, 1.807) is 26.8 Å². The maximum absolute atomic E-state index is 12.3. The molecule has 110 valence electrons. The molecule has 19 heavy (non-hydrogen) atoms. The highest BCUT2D eigenvalue weighted by atomic mass is 16.6. The second-order valence-corrected chi connectivity index (χ2v) is 4.42. The second kappa shape index (κ2) is 8.73. The number of unbranched alkanes of at least 4 members (excludes halogenated alkanes) is 1. The van der Waals surface area contributed by atoms with Gasteiger partial charge in [0.1, 0.15) is 0 Å². The Morgan fingerprint density at radius 1 is 1.05 bits per heavy atom. The van der Waals surface area contributed by atoms with Crippen molar-refractivity contribution >= 4 is 11.9 Å². The molecule has 4 nitrogen and oxygen atoms in total. The highest BCUT2D eigenvalue weighted by Gasteiger charge is 2.49. The van der Waals surface area contributed by atoms with Crippen LogP contribution in [0.25, 0.3) is 0 Å². The summed E-state index contributed by atoms with van der Waals surface area (Å²) in [5.41, 5.74) is -0.589. The lowest BCUT2D eigenvalue weighted by Crippen LogP contribution is -2.43. The molecule has 0 aliphatic rings. The minimum atomic E-state index is -1.28. The Morgan fingerprint density at radius 3 is 1.84 bits per heavy atom. The quantitative estimate of drug-likeness (QED) is 0.386. The largest absolute Gasteiger partial charge is 0.465 e. The molecule has 0 fully saturated rings. The standard InChI is InChI=1S/C15H26O4/c1-6-10-11-15(12(5)7-2,13(16)18-8-3)14(17)19-9-4/h7H,6,8-11H2,1-5H3/b12-7+. The third-order valence-electron chi connectivity index (χ3n) is 3.26. The molecule has 0 unspecified atom stereocenters. The van der Waals surface area contributed by atoms with Gasteiger partial charge in [-0.05, 0) is 39.7 Å². The minimum absolute atomic E-state index is 0.253. The van der Waals surface area contributed by atoms with E-state index in [0.29, 0.717) is 12.0 Å². The molecule has 0 radical (unpaired) electrons. The Hall–Kier alpha value is -1.32. The van der Waals surface area contributed by atoms with Crippen LogP contribution in [0.5, 0.6) is 0 Å². The van der Waals surface area contributed by atoms with Crippen molar-refractivity contribution in [3.05, 3.63) is 11.6 Å². The minimum Gasteiger partial charge on any atom is -0.465 e. The summed E-state index contributed by atoms with van der Waals surface area (Å²) >= 11 is 0. The molecule has 0 saturated heterocycles. The molecule has 0 N–H and O–H groups in total. The zero-order valence-corrected chi connectivity index (χ0v) is 12.7. The van der Waals surface area contributed by atoms with Gasteiger partial charge >= 0.3 is 11.9 Å². The Morgan fingerprint density at radius 2 is 1.53 bits per heavy atom. The highest BCUT2D eigenvalue weighted by Crippen LogP contribution is 2.36. The van der Waals surface area contributed by atoms with Gasteiger partial charge < -0.3 is 9.47 Å². The predicted octanol–water partition coefficient (Wildman–Crippen LogP) is 3.26. The molecule has 0 aliphatic heterocycles. The number of hydrogen-bond donors (Lipinski definition) is 0. The monoisotopic (exact) mass is 270 g/mol. The van der Waals surface area contributed by atoms with Crippen LogP contribution in [0.2, 0.25) is 0 Å². The van der Waals surface area contributed by atoms with Gasteiger partial charge in [0.15, 0.2) is 5.41 Å². The van der Waals surface area contributed by atoms with Crippen LogP contribution in [0.3, 0.4) is 0 Å². The molecule has 0 rings (SSSR count). The first-order chi connectivity index (χ1) is 9.00. The Kier molecular flexibility index (Phi) is 8.12. The summed E-state index contributed by atoms with van der Waals surface area (Å²) in [6.45, 7) is 9.59. The summed E-state index contributed by atoms with van der Waals surface area (Å²) in [4.78, 5) is 24.6. The fraction of sp³-hybridized carbons (Fsp3) is 0.733. The van der Waals surface area contributed by atoms with E-state index >= 15 is 0 Å². The van der Waals surface area contributed by atoms with Crippen molar-refractivity contribution in [3.8, 4) is 0 Å². The summed E-state index contributed by atoms with van der Waals surface area (Å²) in [5, 5.41) is 0. The molecular weight excluding hydrogens is 244 g/mol. The van der Waals surface area contributed by atoms with Crippen LogP contribution in [0.15, 0.2) is 11.6 Å². The Labute approximate surface area is 116 Å². The van der Waals surface area contributed by atoms with E-state index in [1.165, 1.54) is 0 Å². The van der Waals surface area contributed by atoms with Crippen LogP contribution < -0.4 is 0 Å². The lowest BCUT2D eigenvalue weighted by Gasteiger charge is -2.30. The predicted molar refractivity (Wildman–Crippen MR) is 74.7 cm³/mol. The van der Waals surface area contributed by atoms with Crippen molar-refractivity contribution in [1.82, 2.24) is 0 Å². The Bertz CT molecular complexity index is 313. The summed E-state index contributed by atoms with van der Waals surface area (Å²) in [6, 6.07) is 0. The molecule has 0 amide bonds. The first kappa shape index (κ1) is 17.7. The van der Waals surface area contributed by atoms with Gasteiger partial charge in [0.05, 0.1) is 13.2 Å². The van der Waals surface area contributed by atoms with Gasteiger partial charge in [-0.1, -0.05) is 25.8 Å². The highest BCUT2D eigenvalue weighted by molar-refractivity contribution is 6.03. The molecule has 0 heterocycles. The number of ether oxygens (including phenoxy) is 2. The number of carbonyl (C=O) groups is 2. The van der Waals surface area contributed by atoms with Gasteiger partial charge in [0, 0.05) is 0 Å². The average Bonchev–Trinajstić information content (AvgIpc) is 2.39. The lowest BCUT2D eigenvalue weighted by atomic mass is 9.76. The van der Waals surface area contributed by atoms with E-state index in [-0.39, 0.29) is 13.2 Å². The van der Waals surface area contributed by atoms with Gasteiger partial charge in [-0.25, -0.2) is 0 Å². The van der Waals surface area contributed by atoms with Crippen LogP contribution in [-0.2, 0) is 19.1 Å². The summed E-state index contributed by atoms with van der Waals surface area (Å²) in [5.74, 6) is -1.00. The van der Waals surface area contributed by atoms with Gasteiger partial charge in [-0.2, -0.15) is 0 Å². The molecule has 0 aromatic rings. The van der Waals surface area contributed by atoms with Gasteiger partial charge in [-0.15, -0.1) is 0 Å². The molecule has 0 aromatic carbocycles. The molecule has 0 spiro atoms. The molecule has 0 aliphatic carbocycles. The molecule has 0 atom stereocenters. The van der Waals surface area contributed by atoms with Crippen LogP contribution in [0.4, 0.5) is 0 Å². The fourth-order valence-corrected chi connectivity index (χ4v) is 2.00. The maximum atomic E-state index is 12.3. The zero-order valence-electron chi connectivity index (χ0n) is 12.7. The van der Waals surface area contributed by atoms with Crippen LogP contribution in [0, 0.1) is 5.41 Å². The van der Waals surface area contributed by atoms with Crippen molar-refractivity contribution in [2.24, 2.45) is 5.41 Å². The van der Waals surface area contributed by atoms with Crippen molar-refractivity contribution < 1.29 is 19.1 Å². The van der Waals surface area contributed by atoms with Gasteiger partial charge in [0.25, 0.3) is 0 Å². The number of hydrogen-bond acceptors (Lipinski definition) is 4. The third-order valence-corrected chi connectivity index (χ3v) is 3.26. The lowest BCUT2D eigenvalue weighted by molar-refractivity contribution is -0.169.